The van der Waals surface area contributed by atoms with Crippen molar-refractivity contribution in [2.24, 2.45) is 5.14 Å². The van der Waals surface area contributed by atoms with Crippen molar-refractivity contribution in [1.82, 2.24) is 19.7 Å². The average molecular weight is 448 g/mol. The van der Waals surface area contributed by atoms with Crippen molar-refractivity contribution in [1.29, 1.82) is 0 Å². The molecule has 0 aliphatic carbocycles. The highest BCUT2D eigenvalue weighted by Gasteiger charge is 2.14. The minimum atomic E-state index is -3.76. The summed E-state index contributed by atoms with van der Waals surface area (Å²) in [4.78, 5) is 8.68. The Labute approximate surface area is 175 Å². The molecule has 0 aliphatic heterocycles. The topological polar surface area (TPSA) is 171 Å². The van der Waals surface area contributed by atoms with Crippen LogP contribution in [-0.2, 0) is 10.0 Å². The molecule has 0 saturated carbocycles. The monoisotopic (exact) mass is 447 g/mol. The normalized spacial score (nSPS) is 11.7. The summed E-state index contributed by atoms with van der Waals surface area (Å²) >= 11 is 1.35. The number of aliphatic hydroxyl groups excluding tert-OH is 1. The molecule has 4 aromatic rings. The molecular weight excluding hydrogens is 430 g/mol. The van der Waals surface area contributed by atoms with E-state index >= 15 is 0 Å². The number of primary sulfonamides is 1. The number of aromatic nitrogens is 4. The highest BCUT2D eigenvalue weighted by molar-refractivity contribution is 7.89. The van der Waals surface area contributed by atoms with E-state index in [2.05, 4.69) is 20.4 Å². The maximum absolute atomic E-state index is 11.3. The summed E-state index contributed by atoms with van der Waals surface area (Å²) in [5.41, 5.74) is 7.30. The second-order valence-electron chi connectivity index (χ2n) is 6.10. The molecule has 0 fully saturated rings. The summed E-state index contributed by atoms with van der Waals surface area (Å²) in [6.07, 6.45) is 0. The van der Waals surface area contributed by atoms with Gasteiger partial charge in [0, 0.05) is 5.69 Å². The first-order valence-electron chi connectivity index (χ1n) is 8.60. The zero-order chi connectivity index (χ0) is 21.3. The highest BCUT2D eigenvalue weighted by Crippen LogP contribution is 2.29. The number of nitrogens with one attached hydrogen (secondary N) is 1. The zero-order valence-electron chi connectivity index (χ0n) is 15.4. The molecule has 4 rings (SSSR count). The van der Waals surface area contributed by atoms with Gasteiger partial charge in [-0.25, -0.2) is 18.5 Å². The quantitative estimate of drug-likeness (QED) is 0.325. The van der Waals surface area contributed by atoms with E-state index in [1.165, 1.54) is 28.2 Å². The second-order valence-corrected chi connectivity index (χ2v) is 8.67. The summed E-state index contributed by atoms with van der Waals surface area (Å²) in [7, 11) is -3.76. The fourth-order valence-corrected chi connectivity index (χ4v) is 4.08. The van der Waals surface area contributed by atoms with E-state index < -0.39 is 10.0 Å². The number of fused-ring (bicyclic) bond motifs is 1. The van der Waals surface area contributed by atoms with Gasteiger partial charge in [-0.05, 0) is 42.5 Å². The Balaban J connectivity index is 1.57. The molecule has 30 heavy (non-hydrogen) atoms. The summed E-state index contributed by atoms with van der Waals surface area (Å²) in [5, 5.41) is 21.8. The third kappa shape index (κ3) is 4.18. The van der Waals surface area contributed by atoms with Crippen molar-refractivity contribution in [2.45, 2.75) is 4.90 Å². The Morgan fingerprint density at radius 2 is 1.93 bits per heavy atom. The first kappa shape index (κ1) is 20.0. The van der Waals surface area contributed by atoms with Crippen molar-refractivity contribution in [2.75, 3.05) is 24.3 Å². The average Bonchev–Trinajstić information content (AvgIpc) is 3.28. The Kier molecular flexibility index (Phi) is 5.26. The van der Waals surface area contributed by atoms with Gasteiger partial charge in [-0.1, -0.05) is 11.3 Å². The molecule has 0 amide bonds. The molecule has 13 heteroatoms. The number of benzene rings is 2. The van der Waals surface area contributed by atoms with Gasteiger partial charge >= 0.3 is 0 Å². The SMILES string of the molecule is Nc1nc(Nc2ccc(S(N)(=O)=O)cc2)nn1-c1nc2ccc(OCCO)cc2s1. The van der Waals surface area contributed by atoms with Crippen molar-refractivity contribution in [3.05, 3.63) is 42.5 Å². The maximum Gasteiger partial charge on any atom is 0.248 e. The molecule has 0 spiro atoms. The Hall–Kier alpha value is -3.26. The number of sulfonamides is 1. The van der Waals surface area contributed by atoms with Crippen LogP contribution in [0.5, 0.6) is 5.75 Å². The van der Waals surface area contributed by atoms with Gasteiger partial charge in [-0.15, -0.1) is 5.10 Å². The van der Waals surface area contributed by atoms with Crippen LogP contribution in [0.15, 0.2) is 47.4 Å². The number of aliphatic hydroxyl groups is 1. The van der Waals surface area contributed by atoms with Gasteiger partial charge in [0.2, 0.25) is 27.1 Å². The predicted octanol–water partition coefficient (Wildman–Crippen LogP) is 1.22. The predicted molar refractivity (Wildman–Crippen MR) is 113 cm³/mol. The smallest absolute Gasteiger partial charge is 0.248 e. The molecular formula is C17H17N7O4S2. The number of thiazole rings is 1. The van der Waals surface area contributed by atoms with Gasteiger partial charge in [0.05, 0.1) is 21.7 Å². The molecule has 11 nitrogen and oxygen atoms in total. The van der Waals surface area contributed by atoms with E-state index in [0.29, 0.717) is 16.6 Å². The number of nitrogen functional groups attached to an aromatic ring is 1. The number of nitrogens with two attached hydrogens (primary N) is 2. The molecule has 6 N–H and O–H groups in total. The first-order chi connectivity index (χ1) is 14.3. The molecule has 2 aromatic carbocycles. The van der Waals surface area contributed by atoms with Gasteiger partial charge < -0.3 is 20.9 Å². The lowest BCUT2D eigenvalue weighted by Gasteiger charge is -2.02. The maximum atomic E-state index is 11.3. The molecule has 0 aliphatic rings. The molecule has 0 radical (unpaired) electrons. The van der Waals surface area contributed by atoms with E-state index in [4.69, 9.17) is 20.7 Å². The van der Waals surface area contributed by atoms with Gasteiger partial charge in [-0.3, -0.25) is 0 Å². The van der Waals surface area contributed by atoms with Gasteiger partial charge in [0.25, 0.3) is 0 Å². The van der Waals surface area contributed by atoms with Gasteiger partial charge in [0.15, 0.2) is 0 Å². The van der Waals surface area contributed by atoms with Crippen molar-refractivity contribution in [3.8, 4) is 10.9 Å². The van der Waals surface area contributed by atoms with Crippen molar-refractivity contribution < 1.29 is 18.3 Å². The lowest BCUT2D eigenvalue weighted by atomic mass is 10.3. The van der Waals surface area contributed by atoms with E-state index in [1.54, 1.807) is 24.3 Å². The standard InChI is InChI=1S/C17H17N7O4S2/c18-15-22-16(20-10-1-4-12(5-2-10)30(19,26)27)23-24(15)17-21-13-6-3-11(28-8-7-25)9-14(13)29-17/h1-6,9,25H,7-8H2,(H2,19,26,27)(H3,18,20,22,23). The largest absolute Gasteiger partial charge is 0.491 e. The fraction of sp³-hybridized carbons (Fsp3) is 0.118. The summed E-state index contributed by atoms with van der Waals surface area (Å²) < 4.78 is 30.4. The van der Waals surface area contributed by atoms with Crippen LogP contribution in [0.2, 0.25) is 0 Å². The number of anilines is 3. The molecule has 0 atom stereocenters. The Bertz CT molecular complexity index is 1300. The molecule has 156 valence electrons. The van der Waals surface area contributed by atoms with Crippen LogP contribution in [0.1, 0.15) is 0 Å². The van der Waals surface area contributed by atoms with Gasteiger partial charge in [0.1, 0.15) is 12.4 Å². The van der Waals surface area contributed by atoms with Crippen LogP contribution in [0.25, 0.3) is 15.3 Å². The molecule has 2 aromatic heterocycles. The lowest BCUT2D eigenvalue weighted by molar-refractivity contribution is 0.201. The molecule has 0 unspecified atom stereocenters. The van der Waals surface area contributed by atoms with E-state index in [-0.39, 0.29) is 30.0 Å². The van der Waals surface area contributed by atoms with Crippen LogP contribution in [0.3, 0.4) is 0 Å². The van der Waals surface area contributed by atoms with Gasteiger partial charge in [-0.2, -0.15) is 9.67 Å². The number of ether oxygens (including phenoxy) is 1. The Morgan fingerprint density at radius 3 is 2.63 bits per heavy atom. The minimum absolute atomic E-state index is 0.00265. The number of rotatable bonds is 7. The van der Waals surface area contributed by atoms with Crippen LogP contribution < -0.4 is 20.9 Å². The minimum Gasteiger partial charge on any atom is -0.491 e. The number of hydrogen-bond acceptors (Lipinski definition) is 10. The van der Waals surface area contributed by atoms with Crippen LogP contribution >= 0.6 is 11.3 Å². The lowest BCUT2D eigenvalue weighted by Crippen LogP contribution is -2.11. The van der Waals surface area contributed by atoms with Crippen LogP contribution in [-0.4, -0.2) is 46.5 Å². The summed E-state index contributed by atoms with van der Waals surface area (Å²) in [5.74, 6) is 0.986. The second kappa shape index (κ2) is 7.87. The molecule has 0 saturated heterocycles. The van der Waals surface area contributed by atoms with Crippen LogP contribution in [0, 0.1) is 0 Å². The van der Waals surface area contributed by atoms with E-state index in [9.17, 15) is 8.42 Å². The third-order valence-corrected chi connectivity index (χ3v) is 5.88. The molecule has 2 heterocycles. The van der Waals surface area contributed by atoms with Crippen LogP contribution in [0.4, 0.5) is 17.6 Å². The summed E-state index contributed by atoms with van der Waals surface area (Å²) in [6, 6.07) is 11.2. The number of nitrogens with zero attached hydrogens (tertiary/aromatic N) is 4. The first-order valence-corrected chi connectivity index (χ1v) is 11.0. The fourth-order valence-electron chi connectivity index (χ4n) is 2.61. The summed E-state index contributed by atoms with van der Waals surface area (Å²) in [6.45, 7) is 0.141. The third-order valence-electron chi connectivity index (χ3n) is 3.96. The van der Waals surface area contributed by atoms with E-state index in [0.717, 1.165) is 10.2 Å². The van der Waals surface area contributed by atoms with Crippen molar-refractivity contribution in [3.63, 3.8) is 0 Å². The number of hydrogen-bond donors (Lipinski definition) is 4. The Morgan fingerprint density at radius 1 is 1.17 bits per heavy atom. The van der Waals surface area contributed by atoms with E-state index in [1.807, 2.05) is 6.07 Å². The highest BCUT2D eigenvalue weighted by atomic mass is 32.2. The van der Waals surface area contributed by atoms with Crippen molar-refractivity contribution >= 4 is 49.2 Å². The molecule has 0 bridgehead atoms. The zero-order valence-corrected chi connectivity index (χ0v) is 17.0.